The van der Waals surface area contributed by atoms with E-state index in [1.165, 1.54) is 12.1 Å². The van der Waals surface area contributed by atoms with E-state index in [4.69, 9.17) is 4.52 Å². The number of carbonyl (C=O) groups is 1. The summed E-state index contributed by atoms with van der Waals surface area (Å²) in [7, 11) is 0. The van der Waals surface area contributed by atoms with Gasteiger partial charge in [-0.3, -0.25) is 4.79 Å². The predicted octanol–water partition coefficient (Wildman–Crippen LogP) is 3.61. The van der Waals surface area contributed by atoms with Crippen molar-refractivity contribution in [3.8, 4) is 11.3 Å². The second-order valence-electron chi connectivity index (χ2n) is 5.82. The Kier molecular flexibility index (Phi) is 3.61. The molecular formula is C19H15FN2O2. The van der Waals surface area contributed by atoms with Crippen LogP contribution < -0.4 is 4.90 Å². The molecule has 1 amide bonds. The van der Waals surface area contributed by atoms with E-state index in [9.17, 15) is 9.18 Å². The maximum atomic E-state index is 13.0. The first-order valence-electron chi connectivity index (χ1n) is 7.79. The van der Waals surface area contributed by atoms with Gasteiger partial charge in [-0.2, -0.15) is 0 Å². The van der Waals surface area contributed by atoms with Gasteiger partial charge in [0.25, 0.3) is 0 Å². The van der Waals surface area contributed by atoms with Gasteiger partial charge in [-0.1, -0.05) is 17.3 Å². The van der Waals surface area contributed by atoms with E-state index in [2.05, 4.69) is 5.16 Å². The molecule has 0 atom stereocenters. The first-order chi connectivity index (χ1) is 11.7. The molecule has 24 heavy (non-hydrogen) atoms. The Hall–Kier alpha value is -2.95. The summed E-state index contributed by atoms with van der Waals surface area (Å²) in [5, 5.41) is 3.72. The van der Waals surface area contributed by atoms with Crippen molar-refractivity contribution in [1.29, 1.82) is 0 Å². The molecule has 3 aromatic rings. The fraction of sp³-hybridized carbons (Fsp3) is 0.158. The van der Waals surface area contributed by atoms with Crippen molar-refractivity contribution < 1.29 is 13.7 Å². The van der Waals surface area contributed by atoms with Crippen LogP contribution in [-0.4, -0.2) is 17.6 Å². The van der Waals surface area contributed by atoms with Gasteiger partial charge >= 0.3 is 0 Å². The molecule has 1 aliphatic rings. The van der Waals surface area contributed by atoms with Gasteiger partial charge in [0.2, 0.25) is 5.91 Å². The first kappa shape index (κ1) is 14.6. The lowest BCUT2D eigenvalue weighted by Gasteiger charge is -2.17. The summed E-state index contributed by atoms with van der Waals surface area (Å²) in [6, 6.07) is 13.8. The minimum atomic E-state index is -0.294. The zero-order valence-electron chi connectivity index (χ0n) is 12.9. The van der Waals surface area contributed by atoms with Gasteiger partial charge in [-0.05, 0) is 47.9 Å². The third-order valence-electron chi connectivity index (χ3n) is 4.27. The van der Waals surface area contributed by atoms with Crippen molar-refractivity contribution in [3.63, 3.8) is 0 Å². The number of aromatic nitrogens is 1. The van der Waals surface area contributed by atoms with Gasteiger partial charge < -0.3 is 9.42 Å². The van der Waals surface area contributed by atoms with Crippen LogP contribution in [0.3, 0.4) is 0 Å². The molecule has 4 rings (SSSR count). The van der Waals surface area contributed by atoms with Crippen LogP contribution in [0.5, 0.6) is 0 Å². The molecule has 5 heteroatoms. The molecule has 4 nitrogen and oxygen atoms in total. The molecular weight excluding hydrogens is 307 g/mol. The molecule has 2 aromatic carbocycles. The Morgan fingerprint density at radius 2 is 2.00 bits per heavy atom. The fourth-order valence-corrected chi connectivity index (χ4v) is 3.05. The molecule has 0 saturated carbocycles. The van der Waals surface area contributed by atoms with E-state index in [0.717, 1.165) is 28.8 Å². The smallest absolute Gasteiger partial charge is 0.231 e. The van der Waals surface area contributed by atoms with Crippen LogP contribution in [0, 0.1) is 5.82 Å². The summed E-state index contributed by atoms with van der Waals surface area (Å²) in [6.45, 7) is 0.662. The van der Waals surface area contributed by atoms with E-state index < -0.39 is 0 Å². The van der Waals surface area contributed by atoms with Crippen molar-refractivity contribution in [1.82, 2.24) is 5.16 Å². The minimum Gasteiger partial charge on any atom is -0.356 e. The van der Waals surface area contributed by atoms with Gasteiger partial charge in [0.1, 0.15) is 5.82 Å². The predicted molar refractivity (Wildman–Crippen MR) is 88.1 cm³/mol. The van der Waals surface area contributed by atoms with E-state index in [-0.39, 0.29) is 18.1 Å². The van der Waals surface area contributed by atoms with Crippen LogP contribution in [-0.2, 0) is 17.6 Å². The zero-order chi connectivity index (χ0) is 16.5. The van der Waals surface area contributed by atoms with Gasteiger partial charge in [-0.15, -0.1) is 0 Å². The standard InChI is InChI=1S/C19H15FN2O2/c20-16-4-1-13(2-5-16)11-19(23)22-10-8-14-12-15(3-6-17(14)22)18-7-9-21-24-18/h1-7,9,12H,8,10-11H2. The largest absolute Gasteiger partial charge is 0.356 e. The van der Waals surface area contributed by atoms with Crippen molar-refractivity contribution in [2.75, 3.05) is 11.4 Å². The molecule has 0 aliphatic carbocycles. The highest BCUT2D eigenvalue weighted by molar-refractivity contribution is 5.97. The summed E-state index contributed by atoms with van der Waals surface area (Å²) in [4.78, 5) is 14.4. The number of anilines is 1. The first-order valence-corrected chi connectivity index (χ1v) is 7.79. The van der Waals surface area contributed by atoms with Crippen LogP contribution >= 0.6 is 0 Å². The molecule has 2 heterocycles. The molecule has 1 aliphatic heterocycles. The van der Waals surface area contributed by atoms with Gasteiger partial charge in [0.15, 0.2) is 5.76 Å². The molecule has 0 unspecified atom stereocenters. The highest BCUT2D eigenvalue weighted by Crippen LogP contribution is 2.32. The van der Waals surface area contributed by atoms with Gasteiger partial charge in [0.05, 0.1) is 12.6 Å². The number of hydrogen-bond donors (Lipinski definition) is 0. The van der Waals surface area contributed by atoms with Crippen LogP contribution in [0.15, 0.2) is 59.3 Å². The van der Waals surface area contributed by atoms with Crippen LogP contribution in [0.1, 0.15) is 11.1 Å². The molecule has 0 spiro atoms. The Morgan fingerprint density at radius 1 is 1.17 bits per heavy atom. The zero-order valence-corrected chi connectivity index (χ0v) is 12.9. The van der Waals surface area contributed by atoms with Crippen LogP contribution in [0.2, 0.25) is 0 Å². The summed E-state index contributed by atoms with van der Waals surface area (Å²) >= 11 is 0. The van der Waals surface area contributed by atoms with E-state index in [1.54, 1.807) is 23.2 Å². The average molecular weight is 322 g/mol. The van der Waals surface area contributed by atoms with E-state index in [1.807, 2.05) is 24.3 Å². The lowest BCUT2D eigenvalue weighted by atomic mass is 10.1. The number of amides is 1. The van der Waals surface area contributed by atoms with Crippen molar-refractivity contribution in [3.05, 3.63) is 71.7 Å². The normalized spacial score (nSPS) is 13.1. The monoisotopic (exact) mass is 322 g/mol. The Morgan fingerprint density at radius 3 is 2.75 bits per heavy atom. The summed E-state index contributed by atoms with van der Waals surface area (Å²) in [6.07, 6.45) is 2.69. The number of hydrogen-bond acceptors (Lipinski definition) is 3. The summed E-state index contributed by atoms with van der Waals surface area (Å²) < 4.78 is 18.2. The average Bonchev–Trinajstić information content (AvgIpc) is 3.25. The summed E-state index contributed by atoms with van der Waals surface area (Å²) in [5.41, 5.74) is 3.83. The van der Waals surface area contributed by atoms with Crippen molar-refractivity contribution in [2.45, 2.75) is 12.8 Å². The van der Waals surface area contributed by atoms with E-state index in [0.29, 0.717) is 12.3 Å². The maximum absolute atomic E-state index is 13.0. The molecule has 120 valence electrons. The third kappa shape index (κ3) is 2.69. The number of carbonyl (C=O) groups excluding carboxylic acids is 1. The Balaban J connectivity index is 1.55. The lowest BCUT2D eigenvalue weighted by Crippen LogP contribution is -2.30. The molecule has 1 aromatic heterocycles. The lowest BCUT2D eigenvalue weighted by molar-refractivity contribution is -0.117. The fourth-order valence-electron chi connectivity index (χ4n) is 3.05. The SMILES string of the molecule is O=C(Cc1ccc(F)cc1)N1CCc2cc(-c3ccno3)ccc21. The Labute approximate surface area is 138 Å². The van der Waals surface area contributed by atoms with E-state index >= 15 is 0 Å². The molecule has 0 bridgehead atoms. The molecule has 0 fully saturated rings. The quantitative estimate of drug-likeness (QED) is 0.740. The second-order valence-corrected chi connectivity index (χ2v) is 5.82. The summed E-state index contributed by atoms with van der Waals surface area (Å²) in [5.74, 6) is 0.444. The highest BCUT2D eigenvalue weighted by Gasteiger charge is 2.25. The van der Waals surface area contributed by atoms with Gasteiger partial charge in [-0.25, -0.2) is 4.39 Å². The maximum Gasteiger partial charge on any atom is 0.231 e. The number of benzene rings is 2. The second kappa shape index (κ2) is 5.92. The highest BCUT2D eigenvalue weighted by atomic mass is 19.1. The van der Waals surface area contributed by atoms with Crippen molar-refractivity contribution >= 4 is 11.6 Å². The molecule has 0 radical (unpaired) electrons. The number of rotatable bonds is 3. The number of halogens is 1. The number of fused-ring (bicyclic) bond motifs is 1. The van der Waals surface area contributed by atoms with Crippen molar-refractivity contribution in [2.24, 2.45) is 0 Å². The van der Waals surface area contributed by atoms with Crippen LogP contribution in [0.25, 0.3) is 11.3 Å². The Bertz CT molecular complexity index is 873. The molecule has 0 saturated heterocycles. The van der Waals surface area contributed by atoms with Gasteiger partial charge in [0, 0.05) is 23.9 Å². The minimum absolute atomic E-state index is 0.0211. The number of nitrogens with zero attached hydrogens (tertiary/aromatic N) is 2. The third-order valence-corrected chi connectivity index (χ3v) is 4.27. The molecule has 0 N–H and O–H groups in total. The topological polar surface area (TPSA) is 46.3 Å². The van der Waals surface area contributed by atoms with Crippen LogP contribution in [0.4, 0.5) is 10.1 Å².